The molecule has 2 heterocycles. The van der Waals surface area contributed by atoms with Gasteiger partial charge in [0.15, 0.2) is 0 Å². The lowest BCUT2D eigenvalue weighted by molar-refractivity contribution is -0.00709. The van der Waals surface area contributed by atoms with Crippen LogP contribution in [0.25, 0.3) is 0 Å². The molecule has 0 bridgehead atoms. The van der Waals surface area contributed by atoms with Gasteiger partial charge in [-0.2, -0.15) is 0 Å². The molecule has 1 amide bonds. The van der Waals surface area contributed by atoms with Crippen LogP contribution < -0.4 is 19.7 Å². The van der Waals surface area contributed by atoms with Crippen LogP contribution in [0.15, 0.2) is 42.5 Å². The molecule has 4 atom stereocenters. The summed E-state index contributed by atoms with van der Waals surface area (Å²) in [6.07, 6.45) is 2.12. The number of benzene rings is 2. The number of carbonyl (C=O) groups is 1. The van der Waals surface area contributed by atoms with Crippen molar-refractivity contribution in [2.45, 2.75) is 63.9 Å². The second-order valence-electron chi connectivity index (χ2n) is 11.9. The van der Waals surface area contributed by atoms with Crippen LogP contribution in [0.1, 0.15) is 50.2 Å². The summed E-state index contributed by atoms with van der Waals surface area (Å²) >= 11 is 0. The Labute approximate surface area is 251 Å². The van der Waals surface area contributed by atoms with Gasteiger partial charge in [-0.25, -0.2) is 4.79 Å². The van der Waals surface area contributed by atoms with Gasteiger partial charge in [-0.3, -0.25) is 0 Å². The molecule has 0 saturated carbocycles. The van der Waals surface area contributed by atoms with Crippen LogP contribution in [0, 0.1) is 5.92 Å². The van der Waals surface area contributed by atoms with E-state index < -0.39 is 0 Å². The SMILES string of the molecule is COCCCN1CCOc2ccc(CO[C@H]3CN[C@@H](C[C@H](OC(=O)N(C)C)C(C)C)C[C@@H]3c3ccc(OC)cc3)cc21. The molecule has 4 rings (SSSR count). The number of methoxy groups -OCH3 is 2. The van der Waals surface area contributed by atoms with E-state index >= 15 is 0 Å². The minimum Gasteiger partial charge on any atom is -0.497 e. The van der Waals surface area contributed by atoms with Gasteiger partial charge in [-0.15, -0.1) is 0 Å². The smallest absolute Gasteiger partial charge is 0.409 e. The van der Waals surface area contributed by atoms with E-state index in [1.807, 2.05) is 12.1 Å². The number of rotatable bonds is 13. The van der Waals surface area contributed by atoms with Crippen LogP contribution in [0.4, 0.5) is 10.5 Å². The number of hydrogen-bond acceptors (Lipinski definition) is 8. The van der Waals surface area contributed by atoms with Crippen molar-refractivity contribution in [3.8, 4) is 11.5 Å². The fourth-order valence-electron chi connectivity index (χ4n) is 5.74. The predicted molar refractivity (Wildman–Crippen MR) is 165 cm³/mol. The zero-order valence-corrected chi connectivity index (χ0v) is 26.1. The first-order valence-corrected chi connectivity index (χ1v) is 15.2. The van der Waals surface area contributed by atoms with E-state index in [1.54, 1.807) is 28.3 Å². The van der Waals surface area contributed by atoms with Crippen molar-refractivity contribution >= 4 is 11.8 Å². The maximum Gasteiger partial charge on any atom is 0.409 e. The number of hydrogen-bond donors (Lipinski definition) is 1. The van der Waals surface area contributed by atoms with Crippen molar-refractivity contribution in [2.24, 2.45) is 5.92 Å². The van der Waals surface area contributed by atoms with Crippen molar-refractivity contribution in [2.75, 3.05) is 66.1 Å². The summed E-state index contributed by atoms with van der Waals surface area (Å²) in [5, 5.41) is 3.71. The minimum atomic E-state index is -0.301. The number of nitrogens with zero attached hydrogens (tertiary/aromatic N) is 2. The number of fused-ring (bicyclic) bond motifs is 1. The molecule has 9 nitrogen and oxygen atoms in total. The van der Waals surface area contributed by atoms with Gasteiger partial charge in [0.2, 0.25) is 0 Å². The second-order valence-corrected chi connectivity index (χ2v) is 11.9. The normalized spacial score (nSPS) is 20.9. The lowest BCUT2D eigenvalue weighted by Crippen LogP contribution is -2.49. The van der Waals surface area contributed by atoms with Gasteiger partial charge in [0, 0.05) is 59.3 Å². The highest BCUT2D eigenvalue weighted by Gasteiger charge is 2.35. The highest BCUT2D eigenvalue weighted by molar-refractivity contribution is 5.67. The molecule has 2 aliphatic rings. The van der Waals surface area contributed by atoms with Gasteiger partial charge in [0.25, 0.3) is 0 Å². The summed E-state index contributed by atoms with van der Waals surface area (Å²) in [6.45, 7) is 8.67. The Morgan fingerprint density at radius 3 is 2.62 bits per heavy atom. The van der Waals surface area contributed by atoms with Crippen LogP contribution >= 0.6 is 0 Å². The highest BCUT2D eigenvalue weighted by Crippen LogP contribution is 2.36. The predicted octanol–water partition coefficient (Wildman–Crippen LogP) is 5.07. The standard InChI is InChI=1S/C33H49N3O6/c1-23(2)31(42-33(37)35(3)4)20-26-19-28(25-9-11-27(39-6)12-10-25)32(21-34-26)41-22-24-8-13-30-29(18-24)36(15-17-40-30)14-7-16-38-5/h8-13,18,23,26,28,31-32,34H,7,14-17,19-22H2,1-6H3/t26-,28-,31+,32+/m1/s1. The Morgan fingerprint density at radius 1 is 1.14 bits per heavy atom. The molecule has 2 aromatic rings. The van der Waals surface area contributed by atoms with Gasteiger partial charge < -0.3 is 38.8 Å². The van der Waals surface area contributed by atoms with E-state index in [0.717, 1.165) is 61.7 Å². The first kappa shape index (κ1) is 31.9. The fraction of sp³-hybridized carbons (Fsp3) is 0.606. The van der Waals surface area contributed by atoms with Crippen LogP contribution in [-0.4, -0.2) is 90.4 Å². The number of amides is 1. The molecule has 2 aliphatic heterocycles. The van der Waals surface area contributed by atoms with E-state index in [-0.39, 0.29) is 36.2 Å². The third kappa shape index (κ3) is 8.52. The summed E-state index contributed by atoms with van der Waals surface area (Å²) in [5.41, 5.74) is 3.47. The largest absolute Gasteiger partial charge is 0.497 e. The molecule has 1 N–H and O–H groups in total. The number of ether oxygens (including phenoxy) is 5. The Bertz CT molecular complexity index is 1130. The highest BCUT2D eigenvalue weighted by atomic mass is 16.6. The van der Waals surface area contributed by atoms with Gasteiger partial charge >= 0.3 is 6.09 Å². The van der Waals surface area contributed by atoms with Gasteiger partial charge in [0.05, 0.1) is 32.1 Å². The average molecular weight is 584 g/mol. The fourth-order valence-corrected chi connectivity index (χ4v) is 5.74. The summed E-state index contributed by atoms with van der Waals surface area (Å²) in [6, 6.07) is 14.9. The quantitative estimate of drug-likeness (QED) is 0.327. The van der Waals surface area contributed by atoms with Crippen molar-refractivity contribution in [1.82, 2.24) is 10.2 Å². The molecule has 0 spiro atoms. The minimum absolute atomic E-state index is 0.0124. The van der Waals surface area contributed by atoms with Crippen LogP contribution in [0.3, 0.4) is 0 Å². The van der Waals surface area contributed by atoms with Gasteiger partial charge in [-0.1, -0.05) is 32.0 Å². The first-order chi connectivity index (χ1) is 20.3. The molecular weight excluding hydrogens is 534 g/mol. The van der Waals surface area contributed by atoms with Gasteiger partial charge in [0.1, 0.15) is 24.2 Å². The number of piperidine rings is 1. The lowest BCUT2D eigenvalue weighted by atomic mass is 9.81. The topological polar surface area (TPSA) is 81.7 Å². The van der Waals surface area contributed by atoms with E-state index in [4.69, 9.17) is 23.7 Å². The van der Waals surface area contributed by atoms with Crippen LogP contribution in [-0.2, 0) is 20.8 Å². The molecule has 42 heavy (non-hydrogen) atoms. The van der Waals surface area contributed by atoms with Crippen LogP contribution in [0.2, 0.25) is 0 Å². The Hall–Kier alpha value is -3.01. The van der Waals surface area contributed by atoms with Crippen molar-refractivity contribution in [1.29, 1.82) is 0 Å². The molecular formula is C33H49N3O6. The first-order valence-electron chi connectivity index (χ1n) is 15.2. The number of nitrogens with one attached hydrogen (secondary N) is 1. The molecule has 0 aliphatic carbocycles. The third-order valence-electron chi connectivity index (χ3n) is 8.24. The van der Waals surface area contributed by atoms with Gasteiger partial charge in [-0.05, 0) is 54.2 Å². The zero-order valence-electron chi connectivity index (χ0n) is 26.1. The maximum atomic E-state index is 12.3. The van der Waals surface area contributed by atoms with E-state index in [0.29, 0.717) is 19.8 Å². The monoisotopic (exact) mass is 583 g/mol. The lowest BCUT2D eigenvalue weighted by Gasteiger charge is -2.39. The number of carbonyl (C=O) groups excluding carboxylic acids is 1. The van der Waals surface area contributed by atoms with E-state index in [1.165, 1.54) is 10.5 Å². The average Bonchev–Trinajstić information content (AvgIpc) is 3.00. The molecule has 0 radical (unpaired) electrons. The van der Waals surface area contributed by atoms with E-state index in [9.17, 15) is 4.79 Å². The van der Waals surface area contributed by atoms with Crippen molar-refractivity contribution < 1.29 is 28.5 Å². The number of anilines is 1. The molecule has 232 valence electrons. The Kier molecular flexibility index (Phi) is 11.7. The van der Waals surface area contributed by atoms with Crippen molar-refractivity contribution in [3.63, 3.8) is 0 Å². The molecule has 0 unspecified atom stereocenters. The third-order valence-corrected chi connectivity index (χ3v) is 8.24. The molecule has 0 aromatic heterocycles. The zero-order chi connectivity index (χ0) is 30.1. The molecule has 2 aromatic carbocycles. The maximum absolute atomic E-state index is 12.3. The Balaban J connectivity index is 1.46. The van der Waals surface area contributed by atoms with Crippen LogP contribution in [0.5, 0.6) is 11.5 Å². The summed E-state index contributed by atoms with van der Waals surface area (Å²) in [7, 11) is 6.86. The van der Waals surface area contributed by atoms with Crippen molar-refractivity contribution in [3.05, 3.63) is 53.6 Å². The van der Waals surface area contributed by atoms with E-state index in [2.05, 4.69) is 54.4 Å². The second kappa shape index (κ2) is 15.5. The Morgan fingerprint density at radius 2 is 1.93 bits per heavy atom. The molecule has 1 saturated heterocycles. The molecule has 1 fully saturated rings. The summed E-state index contributed by atoms with van der Waals surface area (Å²) in [4.78, 5) is 16.2. The summed E-state index contributed by atoms with van der Waals surface area (Å²) < 4.78 is 29.1. The summed E-state index contributed by atoms with van der Waals surface area (Å²) in [5.74, 6) is 2.16. The molecule has 9 heteroatoms.